The van der Waals surface area contributed by atoms with Crippen LogP contribution in [0.25, 0.3) is 0 Å². The fourth-order valence-electron chi connectivity index (χ4n) is 0.969. The monoisotopic (exact) mass is 264 g/mol. The minimum atomic E-state index is 0.669. The summed E-state index contributed by atoms with van der Waals surface area (Å²) in [6, 6.07) is 0. The number of hydroxylamine groups is 1. The van der Waals surface area contributed by atoms with Crippen molar-refractivity contribution in [2.45, 2.75) is 39.5 Å². The first-order valence-electron chi connectivity index (χ1n) is 5.32. The normalized spacial score (nSPS) is 11.8. The van der Waals surface area contributed by atoms with E-state index in [1.165, 1.54) is 12.8 Å². The Labute approximate surface area is 95.4 Å². The maximum Gasteiger partial charge on any atom is 0.120 e. The van der Waals surface area contributed by atoms with Gasteiger partial charge in [-0.05, 0) is 19.8 Å². The van der Waals surface area contributed by atoms with E-state index in [1.54, 1.807) is 0 Å². The number of hydrogen-bond acceptors (Lipinski definition) is 2. The van der Waals surface area contributed by atoms with Crippen molar-refractivity contribution >= 4 is 21.8 Å². The number of hydrogen-bond donors (Lipinski definition) is 1. The summed E-state index contributed by atoms with van der Waals surface area (Å²) in [5.74, 6) is 0.950. The van der Waals surface area contributed by atoms with Gasteiger partial charge in [0.15, 0.2) is 0 Å². The maximum absolute atomic E-state index is 5.08. The maximum atomic E-state index is 5.08. The molecule has 0 saturated heterocycles. The summed E-state index contributed by atoms with van der Waals surface area (Å²) in [6.07, 6.45) is 4.53. The van der Waals surface area contributed by atoms with Crippen LogP contribution in [-0.2, 0) is 4.84 Å². The molecule has 0 aliphatic rings. The van der Waals surface area contributed by atoms with E-state index in [9.17, 15) is 0 Å². The Bertz CT molecular complexity index is 151. The van der Waals surface area contributed by atoms with E-state index in [4.69, 9.17) is 4.84 Å². The number of nitrogens with one attached hydrogen (secondary N) is 1. The first-order valence-corrected chi connectivity index (χ1v) is 6.44. The zero-order chi connectivity index (χ0) is 10.6. The van der Waals surface area contributed by atoms with Crippen molar-refractivity contribution in [2.75, 3.05) is 18.5 Å². The number of halogens is 1. The molecule has 0 rings (SSSR count). The van der Waals surface area contributed by atoms with Crippen LogP contribution < -0.4 is 5.48 Å². The molecular weight excluding hydrogens is 244 g/mol. The number of amidine groups is 1. The average molecular weight is 265 g/mol. The van der Waals surface area contributed by atoms with Gasteiger partial charge in [-0.3, -0.25) is 15.3 Å². The summed E-state index contributed by atoms with van der Waals surface area (Å²) >= 11 is 3.41. The van der Waals surface area contributed by atoms with E-state index in [1.807, 2.05) is 6.92 Å². The number of aliphatic imine (C=N–C) groups is 1. The summed E-state index contributed by atoms with van der Waals surface area (Å²) in [5.41, 5.74) is 2.85. The van der Waals surface area contributed by atoms with E-state index in [-0.39, 0.29) is 0 Å². The van der Waals surface area contributed by atoms with E-state index < -0.39 is 0 Å². The van der Waals surface area contributed by atoms with Gasteiger partial charge < -0.3 is 0 Å². The molecule has 0 aromatic carbocycles. The highest BCUT2D eigenvalue weighted by molar-refractivity contribution is 9.09. The number of nitrogens with zero attached hydrogens (tertiary/aromatic N) is 1. The van der Waals surface area contributed by atoms with Gasteiger partial charge in [0.2, 0.25) is 0 Å². The zero-order valence-corrected chi connectivity index (χ0v) is 10.8. The number of rotatable bonds is 8. The van der Waals surface area contributed by atoms with Crippen LogP contribution in [0.5, 0.6) is 0 Å². The third-order valence-electron chi connectivity index (χ3n) is 1.76. The topological polar surface area (TPSA) is 33.6 Å². The van der Waals surface area contributed by atoms with Crippen LogP contribution in [0.2, 0.25) is 0 Å². The van der Waals surface area contributed by atoms with Gasteiger partial charge in [0.05, 0.1) is 6.61 Å². The molecular formula is C10H21BrN2O. The first kappa shape index (κ1) is 13.9. The quantitative estimate of drug-likeness (QED) is 0.241. The van der Waals surface area contributed by atoms with Crippen LogP contribution in [0.15, 0.2) is 4.99 Å². The fourth-order valence-corrected chi connectivity index (χ4v) is 1.37. The van der Waals surface area contributed by atoms with Gasteiger partial charge in [-0.25, -0.2) is 0 Å². The van der Waals surface area contributed by atoms with Crippen molar-refractivity contribution in [3.05, 3.63) is 0 Å². The Morgan fingerprint density at radius 3 is 2.64 bits per heavy atom. The van der Waals surface area contributed by atoms with Crippen molar-refractivity contribution in [3.63, 3.8) is 0 Å². The minimum Gasteiger partial charge on any atom is -0.275 e. The van der Waals surface area contributed by atoms with E-state index in [2.05, 4.69) is 33.3 Å². The lowest BCUT2D eigenvalue weighted by Gasteiger charge is -2.06. The van der Waals surface area contributed by atoms with Crippen LogP contribution in [0.1, 0.15) is 39.5 Å². The lowest BCUT2D eigenvalue weighted by molar-refractivity contribution is 0.0953. The smallest absolute Gasteiger partial charge is 0.120 e. The Morgan fingerprint density at radius 1 is 1.29 bits per heavy atom. The molecule has 0 unspecified atom stereocenters. The van der Waals surface area contributed by atoms with Gasteiger partial charge in [-0.15, -0.1) is 0 Å². The Balaban J connectivity index is 3.48. The standard InChI is InChI=1S/C10H21BrN2O/c1-3-10(13-14-4-2)12-9-7-5-6-8-11/h3-9H2,1-2H3,(H,12,13). The molecule has 0 aliphatic heterocycles. The van der Waals surface area contributed by atoms with Crippen LogP contribution >= 0.6 is 15.9 Å². The van der Waals surface area contributed by atoms with Crippen LogP contribution in [0, 0.1) is 0 Å². The van der Waals surface area contributed by atoms with Gasteiger partial charge in [-0.1, -0.05) is 29.3 Å². The highest BCUT2D eigenvalue weighted by Crippen LogP contribution is 1.98. The number of unbranched alkanes of at least 4 members (excludes halogenated alkanes) is 2. The third kappa shape index (κ3) is 8.51. The Kier molecular flexibility index (Phi) is 10.9. The molecule has 0 radical (unpaired) electrons. The first-order chi connectivity index (χ1) is 6.85. The average Bonchev–Trinajstić information content (AvgIpc) is 2.22. The van der Waals surface area contributed by atoms with Gasteiger partial charge in [0.25, 0.3) is 0 Å². The Morgan fingerprint density at radius 2 is 2.07 bits per heavy atom. The van der Waals surface area contributed by atoms with Gasteiger partial charge in [0, 0.05) is 18.3 Å². The lowest BCUT2D eigenvalue weighted by atomic mass is 10.2. The molecule has 0 aliphatic carbocycles. The molecule has 0 fully saturated rings. The van der Waals surface area contributed by atoms with Crippen molar-refractivity contribution in [1.29, 1.82) is 0 Å². The van der Waals surface area contributed by atoms with Gasteiger partial charge >= 0.3 is 0 Å². The summed E-state index contributed by atoms with van der Waals surface area (Å²) in [7, 11) is 0. The molecule has 84 valence electrons. The molecule has 0 aromatic heterocycles. The van der Waals surface area contributed by atoms with Crippen LogP contribution in [-0.4, -0.2) is 24.3 Å². The Hall–Kier alpha value is -0.0900. The summed E-state index contributed by atoms with van der Waals surface area (Å²) in [6.45, 7) is 5.60. The molecule has 3 nitrogen and oxygen atoms in total. The lowest BCUT2D eigenvalue weighted by Crippen LogP contribution is -2.23. The van der Waals surface area contributed by atoms with Crippen LogP contribution in [0.4, 0.5) is 0 Å². The van der Waals surface area contributed by atoms with Gasteiger partial charge in [-0.2, -0.15) is 0 Å². The highest BCUT2D eigenvalue weighted by Gasteiger charge is 1.93. The van der Waals surface area contributed by atoms with Crippen molar-refractivity contribution in [2.24, 2.45) is 4.99 Å². The third-order valence-corrected chi connectivity index (χ3v) is 2.32. The summed E-state index contributed by atoms with van der Waals surface area (Å²) in [5, 5.41) is 1.09. The van der Waals surface area contributed by atoms with E-state index in [0.29, 0.717) is 6.61 Å². The van der Waals surface area contributed by atoms with Crippen molar-refractivity contribution in [1.82, 2.24) is 5.48 Å². The predicted octanol–water partition coefficient (Wildman–Crippen LogP) is 2.90. The summed E-state index contributed by atoms with van der Waals surface area (Å²) < 4.78 is 0. The second-order valence-corrected chi connectivity index (χ2v) is 3.76. The molecule has 0 amide bonds. The minimum absolute atomic E-state index is 0.669. The fraction of sp³-hybridized carbons (Fsp3) is 0.900. The van der Waals surface area contributed by atoms with E-state index >= 15 is 0 Å². The molecule has 1 N–H and O–H groups in total. The van der Waals surface area contributed by atoms with Gasteiger partial charge in [0.1, 0.15) is 5.84 Å². The second-order valence-electron chi connectivity index (χ2n) is 2.97. The second kappa shape index (κ2) is 11.0. The molecule has 14 heavy (non-hydrogen) atoms. The van der Waals surface area contributed by atoms with Crippen molar-refractivity contribution < 1.29 is 4.84 Å². The predicted molar refractivity (Wildman–Crippen MR) is 65.0 cm³/mol. The highest BCUT2D eigenvalue weighted by atomic mass is 79.9. The molecule has 0 atom stereocenters. The molecule has 4 heteroatoms. The van der Waals surface area contributed by atoms with Crippen molar-refractivity contribution in [3.8, 4) is 0 Å². The molecule has 0 spiro atoms. The zero-order valence-electron chi connectivity index (χ0n) is 9.18. The molecule has 0 saturated carbocycles. The molecule has 0 bridgehead atoms. The van der Waals surface area contributed by atoms with Crippen LogP contribution in [0.3, 0.4) is 0 Å². The molecule has 0 aromatic rings. The molecule has 0 heterocycles. The number of alkyl halides is 1. The van der Waals surface area contributed by atoms with E-state index in [0.717, 1.165) is 30.6 Å². The largest absolute Gasteiger partial charge is 0.275 e. The summed E-state index contributed by atoms with van der Waals surface area (Å²) in [4.78, 5) is 9.49. The SMILES string of the molecule is CCONC(CC)=NCCCCCBr.